The molecule has 36 heavy (non-hydrogen) atoms. The number of fused-ring (bicyclic) bond motifs is 1. The molecule has 6 heteroatoms. The van der Waals surface area contributed by atoms with Gasteiger partial charge in [0.1, 0.15) is 17.3 Å². The number of amides is 1. The summed E-state index contributed by atoms with van der Waals surface area (Å²) in [7, 11) is 1.59. The van der Waals surface area contributed by atoms with Crippen LogP contribution in [-0.2, 0) is 13.0 Å². The Hall–Kier alpha value is -3.80. The number of hydrogen-bond acceptors (Lipinski definition) is 4. The molecule has 0 bridgehead atoms. The van der Waals surface area contributed by atoms with Gasteiger partial charge in [0.05, 0.1) is 24.8 Å². The molecule has 6 nitrogen and oxygen atoms in total. The number of nitrogens with zero attached hydrogens (tertiary/aromatic N) is 2. The molecule has 3 aromatic carbocycles. The number of aryl methyl sites for hydroxylation is 2. The van der Waals surface area contributed by atoms with E-state index in [0.717, 1.165) is 35.6 Å². The van der Waals surface area contributed by atoms with E-state index < -0.39 is 0 Å². The summed E-state index contributed by atoms with van der Waals surface area (Å²) < 4.78 is 13.7. The van der Waals surface area contributed by atoms with Crippen molar-refractivity contribution in [3.63, 3.8) is 0 Å². The van der Waals surface area contributed by atoms with Crippen LogP contribution in [0.4, 0.5) is 0 Å². The Morgan fingerprint density at radius 2 is 1.89 bits per heavy atom. The highest BCUT2D eigenvalue weighted by atomic mass is 16.5. The van der Waals surface area contributed by atoms with Crippen LogP contribution >= 0.6 is 0 Å². The van der Waals surface area contributed by atoms with Crippen molar-refractivity contribution in [1.82, 2.24) is 14.9 Å². The molecule has 1 aromatic heterocycles. The summed E-state index contributed by atoms with van der Waals surface area (Å²) in [6.45, 7) is 8.39. The fourth-order valence-corrected chi connectivity index (χ4v) is 4.37. The van der Waals surface area contributed by atoms with Crippen LogP contribution in [0.1, 0.15) is 53.5 Å². The third-order valence-electron chi connectivity index (χ3n) is 6.27. The molecule has 0 spiro atoms. The predicted octanol–water partition coefficient (Wildman–Crippen LogP) is 5.92. The summed E-state index contributed by atoms with van der Waals surface area (Å²) in [6, 6.07) is 21.8. The van der Waals surface area contributed by atoms with Crippen molar-refractivity contribution in [3.8, 4) is 11.5 Å². The van der Waals surface area contributed by atoms with Gasteiger partial charge in [0, 0.05) is 25.1 Å². The van der Waals surface area contributed by atoms with E-state index >= 15 is 0 Å². The van der Waals surface area contributed by atoms with Crippen LogP contribution in [0.15, 0.2) is 66.7 Å². The van der Waals surface area contributed by atoms with Gasteiger partial charge in [0.25, 0.3) is 5.91 Å². The summed E-state index contributed by atoms with van der Waals surface area (Å²) in [6.07, 6.45) is 1.50. The summed E-state index contributed by atoms with van der Waals surface area (Å²) in [4.78, 5) is 17.4. The van der Waals surface area contributed by atoms with E-state index in [1.165, 1.54) is 11.1 Å². The number of methoxy groups -OCH3 is 1. The Morgan fingerprint density at radius 1 is 1.06 bits per heavy atom. The van der Waals surface area contributed by atoms with Gasteiger partial charge in [-0.15, -0.1) is 0 Å². The van der Waals surface area contributed by atoms with Crippen LogP contribution in [-0.4, -0.2) is 35.7 Å². The molecule has 4 aromatic rings. The normalized spacial score (nSPS) is 11.1. The van der Waals surface area contributed by atoms with Crippen LogP contribution in [0.3, 0.4) is 0 Å². The first-order valence-corrected chi connectivity index (χ1v) is 12.6. The topological polar surface area (TPSA) is 65.4 Å². The molecule has 0 radical (unpaired) electrons. The number of carbonyl (C=O) groups excluding carboxylic acids is 1. The summed E-state index contributed by atoms with van der Waals surface area (Å²) in [5.74, 6) is 2.89. The minimum Gasteiger partial charge on any atom is -0.497 e. The molecule has 0 unspecified atom stereocenters. The third kappa shape index (κ3) is 6.06. The number of imidazole rings is 1. The molecule has 0 aliphatic heterocycles. The van der Waals surface area contributed by atoms with Gasteiger partial charge in [-0.3, -0.25) is 4.79 Å². The zero-order chi connectivity index (χ0) is 25.5. The summed E-state index contributed by atoms with van der Waals surface area (Å²) in [5.41, 5.74) is 5.09. The maximum absolute atomic E-state index is 12.6. The molecule has 0 fully saturated rings. The lowest BCUT2D eigenvalue weighted by Crippen LogP contribution is -2.26. The molecule has 1 heterocycles. The van der Waals surface area contributed by atoms with E-state index in [0.29, 0.717) is 36.8 Å². The number of rotatable bonds is 11. The fraction of sp³-hybridized carbons (Fsp3) is 0.333. The Bertz CT molecular complexity index is 1330. The van der Waals surface area contributed by atoms with Gasteiger partial charge in [-0.2, -0.15) is 0 Å². The molecule has 1 N–H and O–H groups in total. The highest BCUT2D eigenvalue weighted by molar-refractivity contribution is 5.94. The number of benzene rings is 3. The van der Waals surface area contributed by atoms with E-state index in [2.05, 4.69) is 54.9 Å². The maximum atomic E-state index is 12.6. The first kappa shape index (κ1) is 25.3. The molecular formula is C30H35N3O3. The quantitative estimate of drug-likeness (QED) is 0.268. The minimum atomic E-state index is -0.121. The van der Waals surface area contributed by atoms with Crippen molar-refractivity contribution in [2.75, 3.05) is 20.3 Å². The Labute approximate surface area is 213 Å². The molecular weight excluding hydrogens is 450 g/mol. The number of ether oxygens (including phenoxy) is 2. The molecule has 4 rings (SSSR count). The van der Waals surface area contributed by atoms with Crippen LogP contribution in [0.25, 0.3) is 11.0 Å². The average Bonchev–Trinajstić information content (AvgIpc) is 3.23. The van der Waals surface area contributed by atoms with Crippen molar-refractivity contribution < 1.29 is 14.3 Å². The Morgan fingerprint density at radius 3 is 2.69 bits per heavy atom. The largest absolute Gasteiger partial charge is 0.497 e. The number of hydrogen-bond donors (Lipinski definition) is 1. The average molecular weight is 486 g/mol. The van der Waals surface area contributed by atoms with Gasteiger partial charge in [-0.25, -0.2) is 4.98 Å². The number of para-hydroxylation sites is 2. The maximum Gasteiger partial charge on any atom is 0.251 e. The zero-order valence-corrected chi connectivity index (χ0v) is 21.6. The van der Waals surface area contributed by atoms with Gasteiger partial charge in [-0.1, -0.05) is 44.2 Å². The standard InChI is InChI=1S/C30H35N3O3/c1-21(2)25-14-13-22(3)19-28(25)36-18-8-17-33-27-12-6-5-11-26(27)32-29(33)15-16-31-30(34)23-9-7-10-24(20-23)35-4/h5-7,9-14,19-21H,8,15-18H2,1-4H3,(H,31,34). The Kier molecular flexibility index (Phi) is 8.26. The molecule has 0 atom stereocenters. The number of aromatic nitrogens is 2. The van der Waals surface area contributed by atoms with Crippen LogP contribution in [0.2, 0.25) is 0 Å². The lowest BCUT2D eigenvalue weighted by Gasteiger charge is -2.15. The fourth-order valence-electron chi connectivity index (χ4n) is 4.37. The third-order valence-corrected chi connectivity index (χ3v) is 6.27. The van der Waals surface area contributed by atoms with Crippen molar-refractivity contribution >= 4 is 16.9 Å². The summed E-state index contributed by atoms with van der Waals surface area (Å²) >= 11 is 0. The minimum absolute atomic E-state index is 0.121. The van der Waals surface area contributed by atoms with Crippen molar-refractivity contribution in [3.05, 3.63) is 89.2 Å². The van der Waals surface area contributed by atoms with E-state index in [9.17, 15) is 4.79 Å². The highest BCUT2D eigenvalue weighted by Crippen LogP contribution is 2.27. The lowest BCUT2D eigenvalue weighted by molar-refractivity contribution is 0.0953. The molecule has 188 valence electrons. The smallest absolute Gasteiger partial charge is 0.251 e. The molecule has 0 saturated carbocycles. The number of carbonyl (C=O) groups is 1. The predicted molar refractivity (Wildman–Crippen MR) is 144 cm³/mol. The van der Waals surface area contributed by atoms with Gasteiger partial charge in [0.15, 0.2) is 0 Å². The van der Waals surface area contributed by atoms with Gasteiger partial charge in [0.2, 0.25) is 0 Å². The second-order valence-corrected chi connectivity index (χ2v) is 9.30. The second kappa shape index (κ2) is 11.8. The highest BCUT2D eigenvalue weighted by Gasteiger charge is 2.13. The van der Waals surface area contributed by atoms with E-state index in [-0.39, 0.29) is 5.91 Å². The van der Waals surface area contributed by atoms with Crippen molar-refractivity contribution in [2.24, 2.45) is 0 Å². The van der Waals surface area contributed by atoms with Gasteiger partial charge in [-0.05, 0) is 66.8 Å². The first-order chi connectivity index (χ1) is 17.5. The second-order valence-electron chi connectivity index (χ2n) is 9.30. The zero-order valence-electron chi connectivity index (χ0n) is 21.6. The van der Waals surface area contributed by atoms with E-state index in [1.54, 1.807) is 19.2 Å². The number of nitrogens with one attached hydrogen (secondary N) is 1. The molecule has 0 aliphatic carbocycles. The Balaban J connectivity index is 1.39. The molecule has 0 aliphatic rings. The van der Waals surface area contributed by atoms with Gasteiger partial charge < -0.3 is 19.4 Å². The summed E-state index contributed by atoms with van der Waals surface area (Å²) in [5, 5.41) is 3.01. The van der Waals surface area contributed by atoms with Crippen molar-refractivity contribution in [2.45, 2.75) is 46.1 Å². The van der Waals surface area contributed by atoms with Gasteiger partial charge >= 0.3 is 0 Å². The van der Waals surface area contributed by atoms with E-state index in [4.69, 9.17) is 14.5 Å². The van der Waals surface area contributed by atoms with Crippen molar-refractivity contribution in [1.29, 1.82) is 0 Å². The van der Waals surface area contributed by atoms with E-state index in [1.807, 2.05) is 30.3 Å². The monoisotopic (exact) mass is 485 g/mol. The SMILES string of the molecule is COc1cccc(C(=O)NCCc2nc3ccccc3n2CCCOc2cc(C)ccc2C(C)C)c1. The van der Waals surface area contributed by atoms with Crippen LogP contribution in [0, 0.1) is 6.92 Å². The lowest BCUT2D eigenvalue weighted by atomic mass is 10.0. The van der Waals surface area contributed by atoms with Crippen LogP contribution < -0.4 is 14.8 Å². The molecule has 1 amide bonds. The van der Waals surface area contributed by atoms with Crippen LogP contribution in [0.5, 0.6) is 11.5 Å². The molecule has 0 saturated heterocycles. The first-order valence-electron chi connectivity index (χ1n) is 12.6.